The minimum atomic E-state index is -0.141. The summed E-state index contributed by atoms with van der Waals surface area (Å²) in [5.74, 6) is 0.854. The average Bonchev–Trinajstić information content (AvgIpc) is 3.35. The highest BCUT2D eigenvalue weighted by atomic mass is 35.5. The van der Waals surface area contributed by atoms with E-state index in [0.29, 0.717) is 13.2 Å². The van der Waals surface area contributed by atoms with Gasteiger partial charge < -0.3 is 19.4 Å². The van der Waals surface area contributed by atoms with Crippen molar-refractivity contribution < 1.29 is 14.3 Å². The molecule has 6 rings (SSSR count). The predicted molar refractivity (Wildman–Crippen MR) is 162 cm³/mol. The van der Waals surface area contributed by atoms with E-state index in [1.54, 1.807) is 0 Å². The molecule has 2 aliphatic heterocycles. The first-order valence-corrected chi connectivity index (χ1v) is 14.5. The first kappa shape index (κ1) is 28.5. The first-order chi connectivity index (χ1) is 19.5. The molecule has 6 nitrogen and oxygen atoms in total. The Balaban J connectivity index is 0.000000348. The Kier molecular flexibility index (Phi) is 9.66. The second-order valence-corrected chi connectivity index (χ2v) is 11.1. The predicted octanol–water partition coefficient (Wildman–Crippen LogP) is 6.67. The van der Waals surface area contributed by atoms with Gasteiger partial charge in [-0.15, -0.1) is 0 Å². The standard InChI is InChI=1S/C25H28ClN3O3.C7H7Cl/c26-19-4-7-23-22(16-19)21-8-10-29(17-30)25(24(21)27-23)18-2-5-20(6-3-18)32-13-1-9-28-11-14-31-15-12-28;1-6-2-4-7(8)5-3-6/h2-7,16-17,25,27H,1,8-15H2;2-5H,1H3. The lowest BCUT2D eigenvalue weighted by Crippen LogP contribution is -2.37. The second-order valence-electron chi connectivity index (χ2n) is 10.2. The number of benzene rings is 3. The fourth-order valence-electron chi connectivity index (χ4n) is 5.33. The van der Waals surface area contributed by atoms with Crippen LogP contribution in [0.25, 0.3) is 10.9 Å². The average molecular weight is 581 g/mol. The third kappa shape index (κ3) is 6.99. The maximum atomic E-state index is 11.8. The van der Waals surface area contributed by atoms with E-state index in [2.05, 4.69) is 22.0 Å². The van der Waals surface area contributed by atoms with E-state index < -0.39 is 0 Å². The molecule has 1 fully saturated rings. The van der Waals surface area contributed by atoms with Crippen LogP contribution in [0.1, 0.15) is 34.8 Å². The zero-order chi connectivity index (χ0) is 27.9. The Morgan fingerprint density at radius 2 is 1.70 bits per heavy atom. The van der Waals surface area contributed by atoms with E-state index in [0.717, 1.165) is 90.1 Å². The number of H-pyrrole nitrogens is 1. The molecule has 1 aromatic heterocycles. The smallest absolute Gasteiger partial charge is 0.210 e. The number of carbonyl (C=O) groups is 1. The van der Waals surface area contributed by atoms with Crippen LogP contribution in [-0.2, 0) is 16.0 Å². The quantitative estimate of drug-likeness (QED) is 0.196. The van der Waals surface area contributed by atoms with Crippen LogP contribution in [-0.4, -0.2) is 67.2 Å². The van der Waals surface area contributed by atoms with Crippen molar-refractivity contribution in [2.45, 2.75) is 25.8 Å². The number of carbonyl (C=O) groups excluding carboxylic acids is 1. The van der Waals surface area contributed by atoms with Gasteiger partial charge in [-0.05, 0) is 73.4 Å². The Morgan fingerprint density at radius 3 is 2.40 bits per heavy atom. The van der Waals surface area contributed by atoms with Crippen LogP contribution in [0.15, 0.2) is 66.7 Å². The molecule has 1 atom stereocenters. The van der Waals surface area contributed by atoms with Crippen LogP contribution < -0.4 is 4.74 Å². The van der Waals surface area contributed by atoms with Gasteiger partial charge in [-0.25, -0.2) is 0 Å². The molecule has 210 valence electrons. The summed E-state index contributed by atoms with van der Waals surface area (Å²) in [6.07, 6.45) is 2.75. The summed E-state index contributed by atoms with van der Waals surface area (Å²) in [4.78, 5) is 19.7. The molecular formula is C32H35Cl2N3O3. The highest BCUT2D eigenvalue weighted by Crippen LogP contribution is 2.38. The molecule has 4 aromatic rings. The normalized spacial score (nSPS) is 17.2. The molecule has 2 aliphatic rings. The fourth-order valence-corrected chi connectivity index (χ4v) is 5.63. The largest absolute Gasteiger partial charge is 0.494 e. The van der Waals surface area contributed by atoms with Crippen LogP contribution >= 0.6 is 23.2 Å². The molecule has 3 heterocycles. The topological polar surface area (TPSA) is 57.8 Å². The van der Waals surface area contributed by atoms with Gasteiger partial charge in [0.15, 0.2) is 0 Å². The number of aromatic nitrogens is 1. The number of amides is 1. The van der Waals surface area contributed by atoms with E-state index in [4.69, 9.17) is 32.7 Å². The fraction of sp³-hybridized carbons (Fsp3) is 0.344. The van der Waals surface area contributed by atoms with Crippen molar-refractivity contribution in [1.29, 1.82) is 0 Å². The summed E-state index contributed by atoms with van der Waals surface area (Å²) in [5.41, 5.74) is 5.68. The van der Waals surface area contributed by atoms with Gasteiger partial charge in [0.1, 0.15) is 5.75 Å². The number of hydrogen-bond acceptors (Lipinski definition) is 4. The van der Waals surface area contributed by atoms with Gasteiger partial charge in [0.2, 0.25) is 6.41 Å². The number of fused-ring (bicyclic) bond motifs is 3. The van der Waals surface area contributed by atoms with E-state index in [1.807, 2.05) is 66.4 Å². The number of ether oxygens (including phenoxy) is 2. The van der Waals surface area contributed by atoms with Crippen LogP contribution in [0.4, 0.5) is 0 Å². The van der Waals surface area contributed by atoms with Gasteiger partial charge in [0.05, 0.1) is 25.9 Å². The monoisotopic (exact) mass is 579 g/mol. The minimum Gasteiger partial charge on any atom is -0.494 e. The molecule has 8 heteroatoms. The number of rotatable bonds is 7. The molecule has 1 unspecified atom stereocenters. The van der Waals surface area contributed by atoms with Crippen molar-refractivity contribution in [3.63, 3.8) is 0 Å². The van der Waals surface area contributed by atoms with Crippen LogP contribution in [0, 0.1) is 6.92 Å². The van der Waals surface area contributed by atoms with Crippen LogP contribution in [0.3, 0.4) is 0 Å². The molecule has 1 amide bonds. The van der Waals surface area contributed by atoms with E-state index in [9.17, 15) is 4.79 Å². The zero-order valence-electron chi connectivity index (χ0n) is 22.7. The Morgan fingerprint density at radius 1 is 0.975 bits per heavy atom. The molecule has 3 aromatic carbocycles. The van der Waals surface area contributed by atoms with Gasteiger partial charge in [-0.1, -0.05) is 53.0 Å². The number of hydrogen-bond donors (Lipinski definition) is 1. The summed E-state index contributed by atoms with van der Waals surface area (Å²) < 4.78 is 11.3. The summed E-state index contributed by atoms with van der Waals surface area (Å²) >= 11 is 11.9. The van der Waals surface area contributed by atoms with Gasteiger partial charge in [0, 0.05) is 52.8 Å². The summed E-state index contributed by atoms with van der Waals surface area (Å²) in [5, 5.41) is 2.67. The van der Waals surface area contributed by atoms with Crippen molar-refractivity contribution >= 4 is 40.5 Å². The summed E-state index contributed by atoms with van der Waals surface area (Å²) in [6.45, 7) is 8.10. The number of nitrogens with zero attached hydrogens (tertiary/aromatic N) is 2. The molecule has 0 aliphatic carbocycles. The molecule has 0 radical (unpaired) electrons. The lowest BCUT2D eigenvalue weighted by atomic mass is 9.93. The second kappa shape index (κ2) is 13.6. The van der Waals surface area contributed by atoms with Crippen LogP contribution in [0.2, 0.25) is 10.0 Å². The maximum Gasteiger partial charge on any atom is 0.210 e. The molecule has 1 saturated heterocycles. The number of aryl methyl sites for hydroxylation is 1. The van der Waals surface area contributed by atoms with Crippen molar-refractivity contribution in [2.24, 2.45) is 0 Å². The van der Waals surface area contributed by atoms with E-state index in [-0.39, 0.29) is 6.04 Å². The molecule has 0 spiro atoms. The summed E-state index contributed by atoms with van der Waals surface area (Å²) in [6, 6.07) is 21.6. The van der Waals surface area contributed by atoms with E-state index >= 15 is 0 Å². The lowest BCUT2D eigenvalue weighted by Gasteiger charge is -2.33. The number of aromatic amines is 1. The van der Waals surface area contributed by atoms with Crippen molar-refractivity contribution in [1.82, 2.24) is 14.8 Å². The van der Waals surface area contributed by atoms with E-state index in [1.165, 1.54) is 11.1 Å². The number of halogens is 2. The van der Waals surface area contributed by atoms with Gasteiger partial charge in [-0.2, -0.15) is 0 Å². The molecule has 40 heavy (non-hydrogen) atoms. The van der Waals surface area contributed by atoms with Crippen molar-refractivity contribution in [3.05, 3.63) is 99.2 Å². The molecule has 0 saturated carbocycles. The zero-order valence-corrected chi connectivity index (χ0v) is 24.3. The number of nitrogens with one attached hydrogen (secondary N) is 1. The van der Waals surface area contributed by atoms with Gasteiger partial charge in [-0.3, -0.25) is 9.69 Å². The summed E-state index contributed by atoms with van der Waals surface area (Å²) in [7, 11) is 0. The Labute approximate surface area is 245 Å². The van der Waals surface area contributed by atoms with Crippen molar-refractivity contribution in [3.8, 4) is 5.75 Å². The van der Waals surface area contributed by atoms with Gasteiger partial charge in [0.25, 0.3) is 0 Å². The Hall–Kier alpha value is -3.03. The maximum absolute atomic E-state index is 11.8. The highest BCUT2D eigenvalue weighted by molar-refractivity contribution is 6.31. The van der Waals surface area contributed by atoms with Crippen LogP contribution in [0.5, 0.6) is 5.75 Å². The molecule has 0 bridgehead atoms. The van der Waals surface area contributed by atoms with Crippen molar-refractivity contribution in [2.75, 3.05) is 46.0 Å². The minimum absolute atomic E-state index is 0.141. The lowest BCUT2D eigenvalue weighted by molar-refractivity contribution is -0.120. The highest BCUT2D eigenvalue weighted by Gasteiger charge is 2.31. The SMILES string of the molecule is Cc1ccc(Cl)cc1.O=CN1CCc2c([nH]c3ccc(Cl)cc23)C1c1ccc(OCCCN2CCOCC2)cc1. The third-order valence-corrected chi connectivity index (χ3v) is 7.95. The van der Waals surface area contributed by atoms with Gasteiger partial charge >= 0.3 is 0 Å². The third-order valence-electron chi connectivity index (χ3n) is 7.46. The molecular weight excluding hydrogens is 545 g/mol. The number of morpholine rings is 1. The Bertz CT molecular complexity index is 1380. The first-order valence-electron chi connectivity index (χ1n) is 13.8. The molecule has 1 N–H and O–H groups in total.